The van der Waals surface area contributed by atoms with E-state index in [9.17, 15) is 4.79 Å². The van der Waals surface area contributed by atoms with Crippen LogP contribution in [0.1, 0.15) is 24.3 Å². The summed E-state index contributed by atoms with van der Waals surface area (Å²) < 4.78 is 10.6. The number of hydrogen-bond acceptors (Lipinski definition) is 7. The molecule has 30 heavy (non-hydrogen) atoms. The summed E-state index contributed by atoms with van der Waals surface area (Å²) >= 11 is 0. The Hall–Kier alpha value is -3.26. The van der Waals surface area contributed by atoms with Crippen molar-refractivity contribution in [2.75, 3.05) is 20.2 Å². The lowest BCUT2D eigenvalue weighted by Crippen LogP contribution is -2.40. The number of nitrogens with zero attached hydrogens (tertiary/aromatic N) is 4. The Bertz CT molecular complexity index is 950. The molecular formula is C22H25N5O3. The molecule has 8 heteroatoms. The Morgan fingerprint density at radius 3 is 2.73 bits per heavy atom. The second-order valence-electron chi connectivity index (χ2n) is 7.37. The van der Waals surface area contributed by atoms with Crippen molar-refractivity contribution < 1.29 is 14.1 Å². The van der Waals surface area contributed by atoms with Crippen LogP contribution in [-0.4, -0.2) is 46.1 Å². The number of rotatable bonds is 7. The molecule has 0 bridgehead atoms. The van der Waals surface area contributed by atoms with Crippen molar-refractivity contribution in [1.29, 1.82) is 0 Å². The van der Waals surface area contributed by atoms with Gasteiger partial charge in [-0.2, -0.15) is 4.98 Å². The van der Waals surface area contributed by atoms with Crippen LogP contribution in [0.15, 0.2) is 53.3 Å². The minimum atomic E-state index is 0.0375. The lowest BCUT2D eigenvalue weighted by molar-refractivity contribution is -0.126. The normalized spacial score (nSPS) is 15.1. The topological polar surface area (TPSA) is 93.4 Å². The highest BCUT2D eigenvalue weighted by atomic mass is 16.5. The molecule has 1 aromatic carbocycles. The molecule has 1 fully saturated rings. The third-order valence-corrected chi connectivity index (χ3v) is 5.32. The van der Waals surface area contributed by atoms with Crippen LogP contribution in [0.2, 0.25) is 0 Å². The predicted molar refractivity (Wildman–Crippen MR) is 110 cm³/mol. The first-order valence-corrected chi connectivity index (χ1v) is 10.1. The van der Waals surface area contributed by atoms with Crippen molar-refractivity contribution in [3.05, 3.63) is 60.2 Å². The molecule has 8 nitrogen and oxygen atoms in total. The van der Waals surface area contributed by atoms with Gasteiger partial charge in [0.1, 0.15) is 5.75 Å². The third-order valence-electron chi connectivity index (χ3n) is 5.32. The number of benzene rings is 1. The molecule has 1 aliphatic heterocycles. The molecule has 0 radical (unpaired) electrons. The van der Waals surface area contributed by atoms with E-state index in [0.717, 1.165) is 42.8 Å². The molecule has 4 rings (SSSR count). The summed E-state index contributed by atoms with van der Waals surface area (Å²) in [4.78, 5) is 23.3. The molecule has 156 valence electrons. The fourth-order valence-electron chi connectivity index (χ4n) is 3.56. The number of piperidine rings is 1. The predicted octanol–water partition coefficient (Wildman–Crippen LogP) is 2.67. The number of likely N-dealkylation sites (tertiary alicyclic amines) is 1. The van der Waals surface area contributed by atoms with E-state index in [4.69, 9.17) is 9.26 Å². The Morgan fingerprint density at radius 2 is 2.03 bits per heavy atom. The summed E-state index contributed by atoms with van der Waals surface area (Å²) in [6.07, 6.45) is 5.13. The minimum Gasteiger partial charge on any atom is -0.497 e. The lowest BCUT2D eigenvalue weighted by atomic mass is 9.96. The maximum Gasteiger partial charge on any atom is 0.241 e. The van der Waals surface area contributed by atoms with Gasteiger partial charge in [0.25, 0.3) is 0 Å². The molecule has 1 saturated heterocycles. The van der Waals surface area contributed by atoms with Crippen LogP contribution in [0.3, 0.4) is 0 Å². The molecule has 2 aromatic heterocycles. The Labute approximate surface area is 175 Å². The quantitative estimate of drug-likeness (QED) is 0.643. The van der Waals surface area contributed by atoms with Gasteiger partial charge in [0, 0.05) is 30.4 Å². The number of pyridine rings is 1. The van der Waals surface area contributed by atoms with Crippen molar-refractivity contribution in [2.45, 2.75) is 25.9 Å². The van der Waals surface area contributed by atoms with Crippen molar-refractivity contribution >= 4 is 5.91 Å². The summed E-state index contributed by atoms with van der Waals surface area (Å²) in [6, 6.07) is 11.4. The van der Waals surface area contributed by atoms with Crippen molar-refractivity contribution in [2.24, 2.45) is 5.92 Å². The van der Waals surface area contributed by atoms with Crippen LogP contribution in [0, 0.1) is 5.92 Å². The van der Waals surface area contributed by atoms with E-state index < -0.39 is 0 Å². The minimum absolute atomic E-state index is 0.0375. The number of hydrogen-bond donors (Lipinski definition) is 1. The monoisotopic (exact) mass is 407 g/mol. The molecule has 3 heterocycles. The average molecular weight is 407 g/mol. The number of carbonyl (C=O) groups is 1. The number of methoxy groups -OCH3 is 1. The van der Waals surface area contributed by atoms with Crippen molar-refractivity contribution in [1.82, 2.24) is 25.3 Å². The Kier molecular flexibility index (Phi) is 6.34. The van der Waals surface area contributed by atoms with Gasteiger partial charge in [-0.1, -0.05) is 11.2 Å². The van der Waals surface area contributed by atoms with Gasteiger partial charge in [0.05, 0.1) is 13.7 Å². The van der Waals surface area contributed by atoms with Crippen LogP contribution in [-0.2, 0) is 17.9 Å². The van der Waals surface area contributed by atoms with Gasteiger partial charge in [-0.25, -0.2) is 0 Å². The number of aromatic nitrogens is 3. The Morgan fingerprint density at radius 1 is 1.23 bits per heavy atom. The van der Waals surface area contributed by atoms with Gasteiger partial charge in [-0.3, -0.25) is 14.7 Å². The zero-order chi connectivity index (χ0) is 20.8. The molecular weight excluding hydrogens is 382 g/mol. The van der Waals surface area contributed by atoms with E-state index in [1.165, 1.54) is 0 Å². The van der Waals surface area contributed by atoms with E-state index in [1.807, 2.05) is 36.4 Å². The van der Waals surface area contributed by atoms with Gasteiger partial charge >= 0.3 is 0 Å². The van der Waals surface area contributed by atoms with Crippen LogP contribution >= 0.6 is 0 Å². The zero-order valence-corrected chi connectivity index (χ0v) is 17.0. The number of amides is 1. The van der Waals surface area contributed by atoms with Gasteiger partial charge in [0.2, 0.25) is 17.6 Å². The van der Waals surface area contributed by atoms with Crippen molar-refractivity contribution in [3.63, 3.8) is 0 Å². The highest BCUT2D eigenvalue weighted by molar-refractivity contribution is 5.78. The fraction of sp³-hybridized carbons (Fsp3) is 0.364. The SMILES string of the molecule is COc1ccc(-c2noc(CN3CCC(C(=O)NCc4cccnc4)CC3)n2)cc1. The summed E-state index contributed by atoms with van der Waals surface area (Å²) in [5.41, 5.74) is 1.89. The summed E-state index contributed by atoms with van der Waals surface area (Å²) in [5.74, 6) is 2.08. The standard InChI is InChI=1S/C22H25N5O3/c1-29-19-6-4-17(5-7-19)21-25-20(30-26-21)15-27-11-8-18(9-12-27)22(28)24-14-16-3-2-10-23-13-16/h2-7,10,13,18H,8-9,11-12,14-15H2,1H3,(H,24,28). The molecule has 0 unspecified atom stereocenters. The lowest BCUT2D eigenvalue weighted by Gasteiger charge is -2.30. The molecule has 0 saturated carbocycles. The van der Waals surface area contributed by atoms with Crippen molar-refractivity contribution in [3.8, 4) is 17.1 Å². The maximum atomic E-state index is 12.4. The van der Waals surface area contributed by atoms with Gasteiger partial charge in [-0.05, 0) is 61.8 Å². The van der Waals surface area contributed by atoms with E-state index in [1.54, 1.807) is 19.5 Å². The molecule has 1 aliphatic rings. The van der Waals surface area contributed by atoms with Crippen LogP contribution < -0.4 is 10.1 Å². The molecule has 1 N–H and O–H groups in total. The number of nitrogens with one attached hydrogen (secondary N) is 1. The van der Waals surface area contributed by atoms with Crippen LogP contribution in [0.4, 0.5) is 0 Å². The van der Waals surface area contributed by atoms with E-state index in [-0.39, 0.29) is 11.8 Å². The van der Waals surface area contributed by atoms with E-state index in [2.05, 4.69) is 25.3 Å². The van der Waals surface area contributed by atoms with Gasteiger partial charge in [0.15, 0.2) is 0 Å². The first kappa shape index (κ1) is 20.0. The molecule has 0 aliphatic carbocycles. The second kappa shape index (κ2) is 9.49. The first-order chi connectivity index (χ1) is 14.7. The van der Waals surface area contributed by atoms with Crippen LogP contribution in [0.25, 0.3) is 11.4 Å². The summed E-state index contributed by atoms with van der Waals surface area (Å²) in [5, 5.41) is 7.10. The van der Waals surface area contributed by atoms with Gasteiger partial charge in [-0.15, -0.1) is 0 Å². The Balaban J connectivity index is 1.24. The molecule has 1 amide bonds. The zero-order valence-electron chi connectivity index (χ0n) is 17.0. The summed E-state index contributed by atoms with van der Waals surface area (Å²) in [7, 11) is 1.63. The molecule has 0 spiro atoms. The first-order valence-electron chi connectivity index (χ1n) is 10.1. The fourth-order valence-corrected chi connectivity index (χ4v) is 3.56. The van der Waals surface area contributed by atoms with Gasteiger partial charge < -0.3 is 14.6 Å². The average Bonchev–Trinajstić information content (AvgIpc) is 3.27. The summed E-state index contributed by atoms with van der Waals surface area (Å²) in [6.45, 7) is 2.76. The highest BCUT2D eigenvalue weighted by Crippen LogP contribution is 2.22. The third kappa shape index (κ3) is 5.01. The van der Waals surface area contributed by atoms with Crippen LogP contribution in [0.5, 0.6) is 5.75 Å². The molecule has 0 atom stereocenters. The maximum absolute atomic E-state index is 12.4. The largest absolute Gasteiger partial charge is 0.497 e. The number of ether oxygens (including phenoxy) is 1. The number of carbonyl (C=O) groups excluding carboxylic acids is 1. The smallest absolute Gasteiger partial charge is 0.241 e. The van der Waals surface area contributed by atoms with E-state index in [0.29, 0.717) is 24.8 Å². The second-order valence-corrected chi connectivity index (χ2v) is 7.37. The van der Waals surface area contributed by atoms with E-state index >= 15 is 0 Å². The molecule has 3 aromatic rings. The highest BCUT2D eigenvalue weighted by Gasteiger charge is 2.25.